The number of benzene rings is 1. The molecular weight excluding hydrogens is 168 g/mol. The Morgan fingerprint density at radius 1 is 1.50 bits per heavy atom. The van der Waals surface area contributed by atoms with Gasteiger partial charge in [-0.3, -0.25) is 4.79 Å². The fourth-order valence-corrected chi connectivity index (χ4v) is 1.14. The average Bonchev–Trinajstić information content (AvgIpc) is 2.16. The lowest BCUT2D eigenvalue weighted by Gasteiger charge is -1.98. The molecule has 0 unspecified atom stereocenters. The zero-order valence-corrected chi connectivity index (χ0v) is 7.34. The van der Waals surface area contributed by atoms with Crippen molar-refractivity contribution >= 4 is 18.9 Å². The second-order valence-corrected chi connectivity index (χ2v) is 2.70. The van der Waals surface area contributed by atoms with Crippen molar-refractivity contribution < 1.29 is 4.79 Å². The van der Waals surface area contributed by atoms with Crippen LogP contribution in [0.4, 0.5) is 0 Å². The van der Waals surface area contributed by atoms with Crippen LogP contribution in [-0.2, 0) is 5.75 Å². The summed E-state index contributed by atoms with van der Waals surface area (Å²) in [6, 6.07) is 5.31. The first-order valence-electron chi connectivity index (χ1n) is 3.46. The van der Waals surface area contributed by atoms with Crippen LogP contribution in [0, 0.1) is 12.3 Å². The molecule has 12 heavy (non-hydrogen) atoms. The van der Waals surface area contributed by atoms with Gasteiger partial charge < -0.3 is 0 Å². The second-order valence-electron chi connectivity index (χ2n) is 2.38. The Hall–Kier alpha value is -1.20. The molecule has 1 aromatic carbocycles. The lowest BCUT2D eigenvalue weighted by Crippen LogP contribution is -1.87. The Morgan fingerprint density at radius 3 is 2.75 bits per heavy atom. The highest BCUT2D eigenvalue weighted by molar-refractivity contribution is 7.79. The summed E-state index contributed by atoms with van der Waals surface area (Å²) >= 11 is 4.10. The third-order valence-corrected chi connectivity index (χ3v) is 1.87. The topological polar surface area (TPSA) is 17.1 Å². The van der Waals surface area contributed by atoms with Gasteiger partial charge in [-0.1, -0.05) is 5.92 Å². The number of hydrogen-bond acceptors (Lipinski definition) is 2. The summed E-state index contributed by atoms with van der Waals surface area (Å²) in [6.07, 6.45) is 5.99. The first-order chi connectivity index (χ1) is 5.80. The van der Waals surface area contributed by atoms with Gasteiger partial charge in [0.15, 0.2) is 0 Å². The third kappa shape index (κ3) is 1.90. The van der Waals surface area contributed by atoms with Gasteiger partial charge in [0.05, 0.1) is 0 Å². The molecule has 0 radical (unpaired) electrons. The van der Waals surface area contributed by atoms with Crippen molar-refractivity contribution in [3.05, 3.63) is 34.9 Å². The molecule has 1 aromatic rings. The van der Waals surface area contributed by atoms with Gasteiger partial charge in [0.1, 0.15) is 6.29 Å². The SMILES string of the molecule is C#Cc1cc(C=O)cc(CS)c1. The third-order valence-electron chi connectivity index (χ3n) is 1.50. The molecule has 0 N–H and O–H groups in total. The van der Waals surface area contributed by atoms with Crippen LogP contribution in [0.3, 0.4) is 0 Å². The fraction of sp³-hybridized carbons (Fsp3) is 0.100. The lowest BCUT2D eigenvalue weighted by molar-refractivity contribution is 0.112. The van der Waals surface area contributed by atoms with E-state index in [2.05, 4.69) is 18.5 Å². The van der Waals surface area contributed by atoms with Gasteiger partial charge in [-0.05, 0) is 23.8 Å². The Bertz CT molecular complexity index is 336. The molecule has 0 atom stereocenters. The molecular formula is C10H8OS. The van der Waals surface area contributed by atoms with Crippen LogP contribution in [0.2, 0.25) is 0 Å². The van der Waals surface area contributed by atoms with Crippen molar-refractivity contribution in [3.8, 4) is 12.3 Å². The van der Waals surface area contributed by atoms with E-state index < -0.39 is 0 Å². The second kappa shape index (κ2) is 3.99. The van der Waals surface area contributed by atoms with E-state index in [9.17, 15) is 4.79 Å². The molecule has 1 nitrogen and oxygen atoms in total. The van der Waals surface area contributed by atoms with Gasteiger partial charge in [0.25, 0.3) is 0 Å². The highest BCUT2D eigenvalue weighted by Gasteiger charge is 1.96. The van der Waals surface area contributed by atoms with Gasteiger partial charge in [0.2, 0.25) is 0 Å². The summed E-state index contributed by atoms with van der Waals surface area (Å²) in [7, 11) is 0. The maximum absolute atomic E-state index is 10.4. The van der Waals surface area contributed by atoms with E-state index >= 15 is 0 Å². The van der Waals surface area contributed by atoms with E-state index in [4.69, 9.17) is 6.42 Å². The quantitative estimate of drug-likeness (QED) is 0.414. The predicted octanol–water partition coefficient (Wildman–Crippen LogP) is 1.91. The fourth-order valence-electron chi connectivity index (χ4n) is 0.961. The van der Waals surface area contributed by atoms with Crippen LogP contribution in [0.1, 0.15) is 21.5 Å². The minimum Gasteiger partial charge on any atom is -0.298 e. The summed E-state index contributed by atoms with van der Waals surface area (Å²) in [6.45, 7) is 0. The molecule has 0 aromatic heterocycles. The van der Waals surface area contributed by atoms with Crippen LogP contribution in [0.15, 0.2) is 18.2 Å². The molecule has 0 saturated carbocycles. The average molecular weight is 176 g/mol. The number of carbonyl (C=O) groups excluding carboxylic acids is 1. The van der Waals surface area contributed by atoms with E-state index in [1.54, 1.807) is 12.1 Å². The Balaban J connectivity index is 3.21. The summed E-state index contributed by atoms with van der Waals surface area (Å²) < 4.78 is 0. The van der Waals surface area contributed by atoms with Crippen LogP contribution in [0.5, 0.6) is 0 Å². The first kappa shape index (κ1) is 8.89. The summed E-state index contributed by atoms with van der Waals surface area (Å²) in [4.78, 5) is 10.4. The molecule has 2 heteroatoms. The summed E-state index contributed by atoms with van der Waals surface area (Å²) in [5.41, 5.74) is 2.30. The van der Waals surface area contributed by atoms with Crippen molar-refractivity contribution in [2.45, 2.75) is 5.75 Å². The smallest absolute Gasteiger partial charge is 0.150 e. The molecule has 60 valence electrons. The van der Waals surface area contributed by atoms with Crippen LogP contribution in [-0.4, -0.2) is 6.29 Å². The number of aldehydes is 1. The zero-order chi connectivity index (χ0) is 8.97. The van der Waals surface area contributed by atoms with Crippen LogP contribution < -0.4 is 0 Å². The van der Waals surface area contributed by atoms with Crippen LogP contribution in [0.25, 0.3) is 0 Å². The van der Waals surface area contributed by atoms with E-state index in [0.717, 1.165) is 17.4 Å². The first-order valence-corrected chi connectivity index (χ1v) is 4.10. The molecule has 0 spiro atoms. The van der Waals surface area contributed by atoms with E-state index in [1.807, 2.05) is 6.07 Å². The maximum Gasteiger partial charge on any atom is 0.150 e. The molecule has 1 rings (SSSR count). The number of thiol groups is 1. The van der Waals surface area contributed by atoms with Crippen molar-refractivity contribution in [3.63, 3.8) is 0 Å². The molecule has 0 saturated heterocycles. The highest BCUT2D eigenvalue weighted by Crippen LogP contribution is 2.09. The number of rotatable bonds is 2. The Kier molecular flexibility index (Phi) is 2.95. The molecule has 0 amide bonds. The van der Waals surface area contributed by atoms with Crippen molar-refractivity contribution in [1.29, 1.82) is 0 Å². The number of terminal acetylenes is 1. The van der Waals surface area contributed by atoms with Gasteiger partial charge in [-0.25, -0.2) is 0 Å². The van der Waals surface area contributed by atoms with Crippen molar-refractivity contribution in [1.82, 2.24) is 0 Å². The molecule has 0 heterocycles. The van der Waals surface area contributed by atoms with Crippen molar-refractivity contribution in [2.75, 3.05) is 0 Å². The molecule has 0 aliphatic rings. The molecule has 0 fully saturated rings. The van der Waals surface area contributed by atoms with Gasteiger partial charge >= 0.3 is 0 Å². The van der Waals surface area contributed by atoms with Crippen molar-refractivity contribution in [2.24, 2.45) is 0 Å². The molecule has 0 aliphatic carbocycles. The molecule has 0 aliphatic heterocycles. The van der Waals surface area contributed by atoms with Gasteiger partial charge in [0, 0.05) is 16.9 Å². The highest BCUT2D eigenvalue weighted by atomic mass is 32.1. The van der Waals surface area contributed by atoms with Gasteiger partial charge in [-0.15, -0.1) is 6.42 Å². The maximum atomic E-state index is 10.4. The van der Waals surface area contributed by atoms with E-state index in [1.165, 1.54) is 0 Å². The van der Waals surface area contributed by atoms with E-state index in [0.29, 0.717) is 11.3 Å². The Labute approximate surface area is 77.2 Å². The number of carbonyl (C=O) groups is 1. The van der Waals surface area contributed by atoms with Gasteiger partial charge in [-0.2, -0.15) is 12.6 Å². The van der Waals surface area contributed by atoms with E-state index in [-0.39, 0.29) is 0 Å². The van der Waals surface area contributed by atoms with Crippen LogP contribution >= 0.6 is 12.6 Å². The summed E-state index contributed by atoms with van der Waals surface area (Å²) in [5, 5.41) is 0. The molecule has 0 bridgehead atoms. The zero-order valence-electron chi connectivity index (χ0n) is 6.45. The number of hydrogen-bond donors (Lipinski definition) is 1. The minimum atomic E-state index is 0.594. The minimum absolute atomic E-state index is 0.594. The normalized spacial score (nSPS) is 9.00. The summed E-state index contributed by atoms with van der Waals surface area (Å²) in [5.74, 6) is 3.08. The predicted molar refractivity (Wildman–Crippen MR) is 52.5 cm³/mol. The Morgan fingerprint density at radius 2 is 2.25 bits per heavy atom. The standard InChI is InChI=1S/C10H8OS/c1-2-8-3-9(6-11)5-10(4-8)7-12/h1,3-6,12H,7H2. The monoisotopic (exact) mass is 176 g/mol. The lowest BCUT2D eigenvalue weighted by atomic mass is 10.1. The largest absolute Gasteiger partial charge is 0.298 e.